The van der Waals surface area contributed by atoms with Crippen molar-refractivity contribution in [3.05, 3.63) is 74.3 Å². The van der Waals surface area contributed by atoms with E-state index in [9.17, 15) is 14.9 Å². The predicted octanol–water partition coefficient (Wildman–Crippen LogP) is 3.46. The fourth-order valence-electron chi connectivity index (χ4n) is 2.91. The maximum Gasteiger partial charge on any atom is 0.270 e. The molecule has 1 heterocycles. The average molecular weight is 361 g/mol. The van der Waals surface area contributed by atoms with E-state index >= 15 is 0 Å². The molecule has 0 radical (unpaired) electrons. The molecule has 2 aromatic rings. The summed E-state index contributed by atoms with van der Waals surface area (Å²) in [7, 11) is 1.64. The van der Waals surface area contributed by atoms with Crippen LogP contribution in [0.5, 0.6) is 0 Å². The van der Waals surface area contributed by atoms with Crippen LogP contribution >= 0.6 is 11.6 Å². The maximum atomic E-state index is 12.6. The number of fused-ring (bicyclic) bond motifs is 1. The number of rotatable bonds is 4. The lowest BCUT2D eigenvalue weighted by Crippen LogP contribution is -2.38. The van der Waals surface area contributed by atoms with E-state index in [0.29, 0.717) is 13.2 Å². The lowest BCUT2D eigenvalue weighted by atomic mass is 9.99. The van der Waals surface area contributed by atoms with Gasteiger partial charge in [-0.1, -0.05) is 35.9 Å². The molecule has 0 aromatic heterocycles. The second-order valence-electron chi connectivity index (χ2n) is 6.01. The first-order valence-electron chi connectivity index (χ1n) is 7.83. The molecule has 0 saturated heterocycles. The molecule has 0 spiro atoms. The highest BCUT2D eigenvalue weighted by molar-refractivity contribution is 6.33. The third-order valence-corrected chi connectivity index (χ3v) is 4.59. The minimum atomic E-state index is -0.547. The Hall–Kier alpha value is -2.44. The van der Waals surface area contributed by atoms with Gasteiger partial charge in [0.2, 0.25) is 0 Å². The quantitative estimate of drug-likeness (QED) is 0.618. The van der Waals surface area contributed by atoms with Crippen LogP contribution in [0, 0.1) is 10.1 Å². The number of halogens is 1. The van der Waals surface area contributed by atoms with Crippen molar-refractivity contribution in [2.45, 2.75) is 19.1 Å². The van der Waals surface area contributed by atoms with Crippen molar-refractivity contribution in [3.8, 4) is 0 Å². The maximum absolute atomic E-state index is 12.6. The molecule has 1 unspecified atom stereocenters. The van der Waals surface area contributed by atoms with Crippen LogP contribution < -0.4 is 0 Å². The van der Waals surface area contributed by atoms with Gasteiger partial charge in [0.05, 0.1) is 28.2 Å². The van der Waals surface area contributed by atoms with Crippen LogP contribution in [0.2, 0.25) is 5.02 Å². The summed E-state index contributed by atoms with van der Waals surface area (Å²) in [5.41, 5.74) is 2.33. The van der Waals surface area contributed by atoms with Gasteiger partial charge in [-0.2, -0.15) is 0 Å². The monoisotopic (exact) mass is 360 g/mol. The standard InChI is InChI=1S/C18H17ClN2O4/c1-20(10-15-8-12-4-2-3-5-13(12)11-25-15)18(22)16-9-14(21(23)24)6-7-17(16)19/h2-7,9,15H,8,10-11H2,1H3. The number of nitro benzene ring substituents is 1. The van der Waals surface area contributed by atoms with Crippen LogP contribution in [0.25, 0.3) is 0 Å². The third kappa shape index (κ3) is 3.81. The van der Waals surface area contributed by atoms with Gasteiger partial charge >= 0.3 is 0 Å². The molecule has 0 bridgehead atoms. The van der Waals surface area contributed by atoms with Crippen LogP contribution in [-0.2, 0) is 17.8 Å². The molecule has 1 amide bonds. The van der Waals surface area contributed by atoms with Crippen LogP contribution in [0.3, 0.4) is 0 Å². The van der Waals surface area contributed by atoms with E-state index in [1.807, 2.05) is 18.2 Å². The van der Waals surface area contributed by atoms with Gasteiger partial charge in [-0.05, 0) is 17.2 Å². The van der Waals surface area contributed by atoms with E-state index in [1.165, 1.54) is 28.7 Å². The van der Waals surface area contributed by atoms with Crippen LogP contribution in [0.4, 0.5) is 5.69 Å². The smallest absolute Gasteiger partial charge is 0.270 e. The molecule has 3 rings (SSSR count). The molecule has 6 nitrogen and oxygen atoms in total. The molecular formula is C18H17ClN2O4. The van der Waals surface area contributed by atoms with Gasteiger partial charge in [0, 0.05) is 32.1 Å². The number of nitrogens with zero attached hydrogens (tertiary/aromatic N) is 2. The first-order valence-corrected chi connectivity index (χ1v) is 8.21. The molecule has 1 atom stereocenters. The second kappa shape index (κ2) is 7.21. The highest BCUT2D eigenvalue weighted by Gasteiger charge is 2.24. The van der Waals surface area contributed by atoms with Crippen molar-refractivity contribution < 1.29 is 14.5 Å². The molecule has 2 aromatic carbocycles. The van der Waals surface area contributed by atoms with E-state index in [1.54, 1.807) is 7.05 Å². The Morgan fingerprint density at radius 3 is 2.76 bits per heavy atom. The number of ether oxygens (including phenoxy) is 1. The van der Waals surface area contributed by atoms with Crippen molar-refractivity contribution in [2.24, 2.45) is 0 Å². The summed E-state index contributed by atoms with van der Waals surface area (Å²) in [5, 5.41) is 11.1. The van der Waals surface area contributed by atoms with Crippen LogP contribution in [0.15, 0.2) is 42.5 Å². The van der Waals surface area contributed by atoms with Gasteiger partial charge < -0.3 is 9.64 Å². The summed E-state index contributed by atoms with van der Waals surface area (Å²) in [6, 6.07) is 11.9. The summed E-state index contributed by atoms with van der Waals surface area (Å²) in [4.78, 5) is 24.5. The summed E-state index contributed by atoms with van der Waals surface area (Å²) >= 11 is 6.05. The summed E-state index contributed by atoms with van der Waals surface area (Å²) < 4.78 is 5.82. The van der Waals surface area contributed by atoms with Crippen molar-refractivity contribution in [2.75, 3.05) is 13.6 Å². The number of hydrogen-bond donors (Lipinski definition) is 0. The van der Waals surface area contributed by atoms with Crippen molar-refractivity contribution in [1.82, 2.24) is 4.90 Å². The highest BCUT2D eigenvalue weighted by Crippen LogP contribution is 2.24. The van der Waals surface area contributed by atoms with Gasteiger partial charge in [-0.25, -0.2) is 0 Å². The van der Waals surface area contributed by atoms with Gasteiger partial charge in [-0.15, -0.1) is 0 Å². The first-order chi connectivity index (χ1) is 12.0. The molecule has 1 aliphatic heterocycles. The molecule has 0 saturated carbocycles. The Labute approximate surface area is 150 Å². The number of carbonyl (C=O) groups excluding carboxylic acids is 1. The van der Waals surface area contributed by atoms with E-state index in [4.69, 9.17) is 16.3 Å². The number of likely N-dealkylation sites (N-methyl/N-ethyl adjacent to an activating group) is 1. The Bertz CT molecular complexity index is 824. The van der Waals surface area contributed by atoms with E-state index in [2.05, 4.69) is 6.07 Å². The average Bonchev–Trinajstić information content (AvgIpc) is 2.61. The minimum absolute atomic E-state index is 0.120. The van der Waals surface area contributed by atoms with E-state index in [0.717, 1.165) is 12.0 Å². The first kappa shape index (κ1) is 17.4. The predicted molar refractivity (Wildman–Crippen MR) is 93.8 cm³/mol. The minimum Gasteiger partial charge on any atom is -0.371 e. The summed E-state index contributed by atoms with van der Waals surface area (Å²) in [6.07, 6.45) is 0.595. The second-order valence-corrected chi connectivity index (χ2v) is 6.42. The Morgan fingerprint density at radius 1 is 1.32 bits per heavy atom. The van der Waals surface area contributed by atoms with Gasteiger partial charge in [0.15, 0.2) is 0 Å². The topological polar surface area (TPSA) is 72.7 Å². The lowest BCUT2D eigenvalue weighted by Gasteiger charge is -2.29. The molecule has 0 N–H and O–H groups in total. The molecule has 25 heavy (non-hydrogen) atoms. The van der Waals surface area contributed by atoms with E-state index in [-0.39, 0.29) is 28.3 Å². The van der Waals surface area contributed by atoms with E-state index < -0.39 is 4.92 Å². The van der Waals surface area contributed by atoms with Gasteiger partial charge in [-0.3, -0.25) is 14.9 Å². The van der Waals surface area contributed by atoms with Crippen LogP contribution in [0.1, 0.15) is 21.5 Å². The zero-order valence-corrected chi connectivity index (χ0v) is 14.4. The Morgan fingerprint density at radius 2 is 2.04 bits per heavy atom. The highest BCUT2D eigenvalue weighted by atomic mass is 35.5. The molecule has 1 aliphatic rings. The number of benzene rings is 2. The number of carbonyl (C=O) groups is 1. The van der Waals surface area contributed by atoms with Gasteiger partial charge in [0.25, 0.3) is 11.6 Å². The largest absolute Gasteiger partial charge is 0.371 e. The number of non-ortho nitro benzene ring substituents is 1. The Kier molecular flexibility index (Phi) is 5.01. The fourth-order valence-corrected chi connectivity index (χ4v) is 3.11. The summed E-state index contributed by atoms with van der Waals surface area (Å²) in [5.74, 6) is -0.365. The Balaban J connectivity index is 1.72. The van der Waals surface area contributed by atoms with Crippen molar-refractivity contribution >= 4 is 23.2 Å². The van der Waals surface area contributed by atoms with Gasteiger partial charge in [0.1, 0.15) is 0 Å². The fraction of sp³-hybridized carbons (Fsp3) is 0.278. The number of amides is 1. The number of hydrogen-bond acceptors (Lipinski definition) is 4. The zero-order chi connectivity index (χ0) is 18.0. The third-order valence-electron chi connectivity index (χ3n) is 4.26. The van der Waals surface area contributed by atoms with Crippen molar-refractivity contribution in [3.63, 3.8) is 0 Å². The van der Waals surface area contributed by atoms with Crippen LogP contribution in [-0.4, -0.2) is 35.4 Å². The molecular weight excluding hydrogens is 344 g/mol. The normalized spacial score (nSPS) is 16.2. The molecule has 0 fully saturated rings. The molecule has 0 aliphatic carbocycles. The SMILES string of the molecule is CN(CC1Cc2ccccc2CO1)C(=O)c1cc([N+](=O)[O-])ccc1Cl. The van der Waals surface area contributed by atoms with Crippen molar-refractivity contribution in [1.29, 1.82) is 0 Å². The molecule has 7 heteroatoms. The lowest BCUT2D eigenvalue weighted by molar-refractivity contribution is -0.384. The zero-order valence-electron chi connectivity index (χ0n) is 13.6. The summed E-state index contributed by atoms with van der Waals surface area (Å²) in [6.45, 7) is 0.895. The molecule has 130 valence electrons. The number of nitro groups is 1.